The first-order chi connectivity index (χ1) is 8.16. The van der Waals surface area contributed by atoms with Crippen molar-refractivity contribution >= 4 is 31.7 Å². The van der Waals surface area contributed by atoms with Gasteiger partial charge in [0.05, 0.1) is 10.2 Å². The Morgan fingerprint density at radius 3 is 2.39 bits per heavy atom. The van der Waals surface area contributed by atoms with Crippen molar-refractivity contribution in [3.63, 3.8) is 0 Å². The second-order valence-corrected chi connectivity index (χ2v) is 6.79. The molecule has 0 saturated carbocycles. The summed E-state index contributed by atoms with van der Waals surface area (Å²) in [5.74, 6) is -0.600. The molecular formula is C11H16BrNO4S. The zero-order valence-electron chi connectivity index (χ0n) is 10.4. The predicted molar refractivity (Wildman–Crippen MR) is 72.1 cm³/mol. The quantitative estimate of drug-likeness (QED) is 0.915. The molecule has 0 atom stereocenters. The van der Waals surface area contributed by atoms with E-state index in [1.807, 2.05) is 13.8 Å². The predicted octanol–water partition coefficient (Wildman–Crippen LogP) is 2.36. The molecule has 0 amide bonds. The highest BCUT2D eigenvalue weighted by Gasteiger charge is 2.20. The van der Waals surface area contributed by atoms with Gasteiger partial charge in [-0.1, -0.05) is 13.8 Å². The zero-order chi connectivity index (χ0) is 14.3. The fraction of sp³-hybridized carbons (Fsp3) is 0.455. The van der Waals surface area contributed by atoms with Gasteiger partial charge in [0, 0.05) is 13.1 Å². The lowest BCUT2D eigenvalue weighted by Crippen LogP contribution is -2.13. The van der Waals surface area contributed by atoms with Crippen LogP contribution in [0.1, 0.15) is 20.8 Å². The van der Waals surface area contributed by atoms with Gasteiger partial charge in [-0.15, -0.1) is 0 Å². The van der Waals surface area contributed by atoms with E-state index in [-0.39, 0.29) is 16.7 Å². The molecule has 0 unspecified atom stereocenters. The van der Waals surface area contributed by atoms with E-state index in [0.29, 0.717) is 4.47 Å². The van der Waals surface area contributed by atoms with E-state index in [0.717, 1.165) is 6.92 Å². The van der Waals surface area contributed by atoms with Gasteiger partial charge < -0.3 is 5.11 Å². The van der Waals surface area contributed by atoms with E-state index in [1.165, 1.54) is 6.20 Å². The number of rotatable bonds is 3. The van der Waals surface area contributed by atoms with E-state index >= 15 is 0 Å². The Morgan fingerprint density at radius 1 is 1.50 bits per heavy atom. The molecule has 0 saturated heterocycles. The van der Waals surface area contributed by atoms with Crippen molar-refractivity contribution in [2.24, 2.45) is 5.92 Å². The minimum Gasteiger partial charge on any atom is -0.481 e. The summed E-state index contributed by atoms with van der Waals surface area (Å²) < 4.78 is 24.1. The third-order valence-corrected chi connectivity index (χ3v) is 4.49. The molecule has 18 heavy (non-hydrogen) atoms. The normalized spacial score (nSPS) is 10.7. The van der Waals surface area contributed by atoms with E-state index in [9.17, 15) is 8.42 Å². The van der Waals surface area contributed by atoms with Crippen LogP contribution in [0, 0.1) is 5.92 Å². The lowest BCUT2D eigenvalue weighted by atomic mass is 10.3. The number of aliphatic carboxylic acids is 1. The summed E-state index contributed by atoms with van der Waals surface area (Å²) in [5.41, 5.74) is 0. The van der Waals surface area contributed by atoms with E-state index < -0.39 is 15.8 Å². The molecule has 0 aliphatic carbocycles. The average Bonchev–Trinajstić information content (AvgIpc) is 2.14. The van der Waals surface area contributed by atoms with Crippen LogP contribution in [0.5, 0.6) is 0 Å². The maximum absolute atomic E-state index is 11.8. The van der Waals surface area contributed by atoms with Crippen LogP contribution in [-0.2, 0) is 14.6 Å². The van der Waals surface area contributed by atoms with Crippen LogP contribution in [0.3, 0.4) is 0 Å². The van der Waals surface area contributed by atoms with Crippen molar-refractivity contribution in [3.05, 3.63) is 22.8 Å². The van der Waals surface area contributed by atoms with Gasteiger partial charge in [0.15, 0.2) is 14.9 Å². The van der Waals surface area contributed by atoms with Gasteiger partial charge in [0.2, 0.25) is 0 Å². The summed E-state index contributed by atoms with van der Waals surface area (Å²) in [7, 11) is -3.25. The van der Waals surface area contributed by atoms with Crippen molar-refractivity contribution in [1.29, 1.82) is 0 Å². The Bertz CT molecular complexity index is 496. The van der Waals surface area contributed by atoms with Crippen molar-refractivity contribution in [1.82, 2.24) is 4.98 Å². The molecule has 1 heterocycles. The first-order valence-electron chi connectivity index (χ1n) is 5.19. The highest BCUT2D eigenvalue weighted by molar-refractivity contribution is 9.10. The van der Waals surface area contributed by atoms with E-state index in [4.69, 9.17) is 9.90 Å². The molecule has 0 bridgehead atoms. The summed E-state index contributed by atoms with van der Waals surface area (Å²) in [6.07, 6.45) is 1.48. The molecule has 102 valence electrons. The zero-order valence-corrected chi connectivity index (χ0v) is 12.8. The minimum absolute atomic E-state index is 0.105. The van der Waals surface area contributed by atoms with Crippen LogP contribution >= 0.6 is 15.9 Å². The number of pyridine rings is 1. The summed E-state index contributed by atoms with van der Waals surface area (Å²) in [4.78, 5) is 12.9. The molecule has 0 fully saturated rings. The second kappa shape index (κ2) is 7.48. The van der Waals surface area contributed by atoms with Gasteiger partial charge in [-0.25, -0.2) is 13.4 Å². The Balaban J connectivity index is 0.000000631. The number of carbonyl (C=O) groups is 1. The molecule has 0 aliphatic rings. The Kier molecular flexibility index (Phi) is 7.08. The molecule has 0 spiro atoms. The van der Waals surface area contributed by atoms with Crippen LogP contribution in [0.25, 0.3) is 0 Å². The maximum Gasteiger partial charge on any atom is 0.300 e. The molecule has 0 aliphatic heterocycles. The van der Waals surface area contributed by atoms with Gasteiger partial charge >= 0.3 is 0 Å². The fourth-order valence-electron chi connectivity index (χ4n) is 1.12. The lowest BCUT2D eigenvalue weighted by molar-refractivity contribution is -0.134. The number of hydrogen-bond acceptors (Lipinski definition) is 4. The van der Waals surface area contributed by atoms with Crippen LogP contribution in [-0.4, -0.2) is 30.2 Å². The Labute approximate surface area is 115 Å². The van der Waals surface area contributed by atoms with Gasteiger partial charge in [-0.2, -0.15) is 0 Å². The standard InChI is InChI=1S/C9H12BrNO2S.C2H4O2/c1-7(2)6-14(12,13)9-8(10)4-3-5-11-9;1-2(3)4/h3-5,7H,6H2,1-2H3;1H3,(H,3,4). The Morgan fingerprint density at radius 2 is 2.00 bits per heavy atom. The van der Waals surface area contributed by atoms with Crippen molar-refractivity contribution in [2.75, 3.05) is 5.75 Å². The second-order valence-electron chi connectivity index (χ2n) is 3.98. The average molecular weight is 338 g/mol. The molecule has 1 rings (SSSR count). The molecule has 5 nitrogen and oxygen atoms in total. The van der Waals surface area contributed by atoms with Gasteiger partial charge in [-0.05, 0) is 34.0 Å². The van der Waals surface area contributed by atoms with Crippen molar-refractivity contribution in [2.45, 2.75) is 25.8 Å². The number of sulfone groups is 1. The van der Waals surface area contributed by atoms with E-state index in [1.54, 1.807) is 12.1 Å². The molecule has 1 aromatic rings. The first-order valence-corrected chi connectivity index (χ1v) is 7.64. The monoisotopic (exact) mass is 337 g/mol. The number of carboxylic acids is 1. The fourth-order valence-corrected chi connectivity index (χ4v) is 3.73. The van der Waals surface area contributed by atoms with Gasteiger partial charge in [0.1, 0.15) is 0 Å². The van der Waals surface area contributed by atoms with Crippen molar-refractivity contribution < 1.29 is 18.3 Å². The van der Waals surface area contributed by atoms with Gasteiger partial charge in [-0.3, -0.25) is 4.79 Å². The summed E-state index contributed by atoms with van der Waals surface area (Å²) in [6.45, 7) is 4.82. The summed E-state index contributed by atoms with van der Waals surface area (Å²) in [6, 6.07) is 3.37. The molecule has 7 heteroatoms. The topological polar surface area (TPSA) is 84.3 Å². The number of hydrogen-bond donors (Lipinski definition) is 1. The summed E-state index contributed by atoms with van der Waals surface area (Å²) >= 11 is 3.18. The smallest absolute Gasteiger partial charge is 0.300 e. The summed E-state index contributed by atoms with van der Waals surface area (Å²) in [5, 5.41) is 7.55. The third-order valence-electron chi connectivity index (χ3n) is 1.57. The number of nitrogens with zero attached hydrogens (tertiary/aromatic N) is 1. The molecule has 1 N–H and O–H groups in total. The molecule has 0 radical (unpaired) electrons. The number of halogens is 1. The van der Waals surface area contributed by atoms with Crippen LogP contribution < -0.4 is 0 Å². The SMILES string of the molecule is CC(=O)O.CC(C)CS(=O)(=O)c1ncccc1Br. The number of aromatic nitrogens is 1. The van der Waals surface area contributed by atoms with E-state index in [2.05, 4.69) is 20.9 Å². The van der Waals surface area contributed by atoms with Crippen LogP contribution in [0.15, 0.2) is 27.8 Å². The molecule has 0 aromatic carbocycles. The first kappa shape index (κ1) is 17.1. The van der Waals surface area contributed by atoms with Crippen LogP contribution in [0.4, 0.5) is 0 Å². The minimum atomic E-state index is -3.25. The maximum atomic E-state index is 11.8. The van der Waals surface area contributed by atoms with Crippen molar-refractivity contribution in [3.8, 4) is 0 Å². The Hall–Kier alpha value is -0.950. The highest BCUT2D eigenvalue weighted by atomic mass is 79.9. The largest absolute Gasteiger partial charge is 0.481 e. The third kappa shape index (κ3) is 6.70. The molecule has 1 aromatic heterocycles. The van der Waals surface area contributed by atoms with Gasteiger partial charge in [0.25, 0.3) is 5.97 Å². The highest BCUT2D eigenvalue weighted by Crippen LogP contribution is 2.20. The number of carboxylic acid groups (broad SMARTS) is 1. The van der Waals surface area contributed by atoms with Crippen LogP contribution in [0.2, 0.25) is 0 Å². The lowest BCUT2D eigenvalue weighted by Gasteiger charge is -2.07. The molecular weight excluding hydrogens is 322 g/mol.